The number of primary amides is 1. The van der Waals surface area contributed by atoms with E-state index in [1.165, 1.54) is 0 Å². The van der Waals surface area contributed by atoms with E-state index in [1.807, 2.05) is 6.92 Å². The Morgan fingerprint density at radius 1 is 0.846 bits per heavy atom. The number of nitrogens with one attached hydrogen (secondary N) is 5. The van der Waals surface area contributed by atoms with E-state index >= 15 is 0 Å². The molecule has 0 saturated carbocycles. The summed E-state index contributed by atoms with van der Waals surface area (Å²) in [7, 11) is 0. The smallest absolute Gasteiger partial charge is 0.327 e. The normalized spacial score (nSPS) is 13.4. The molecule has 0 spiro atoms. The van der Waals surface area contributed by atoms with Crippen LogP contribution < -0.4 is 32.3 Å². The number of hydrogen-bond acceptors (Lipinski definition) is 9. The minimum absolute atomic E-state index is 0.0305. The highest BCUT2D eigenvalue weighted by Gasteiger charge is 2.29. The Morgan fingerprint density at radius 3 is 1.92 bits per heavy atom. The zero-order valence-corrected chi connectivity index (χ0v) is 23.3. The monoisotopic (exact) mass is 588 g/mol. The molecule has 0 radical (unpaired) electrons. The summed E-state index contributed by atoms with van der Waals surface area (Å²) in [6.45, 7) is 1.23. The fourth-order valence-electron chi connectivity index (χ4n) is 3.00. The van der Waals surface area contributed by atoms with E-state index in [0.29, 0.717) is 12.8 Å². The number of unbranched alkanes of at least 4 members (excludes halogenated alkanes) is 1. The number of amides is 6. The van der Waals surface area contributed by atoms with Crippen LogP contribution in [0.4, 0.5) is 0 Å². The molecule has 8 N–H and O–H groups in total. The molecule has 14 nitrogen and oxygen atoms in total. The molecule has 0 aliphatic rings. The molecule has 0 aliphatic heterocycles. The molecule has 218 valence electrons. The van der Waals surface area contributed by atoms with Crippen molar-refractivity contribution >= 4 is 66.7 Å². The molecular formula is C23H36N6O8S2. The molecule has 39 heavy (non-hydrogen) atoms. The van der Waals surface area contributed by atoms with Gasteiger partial charge in [-0.3, -0.25) is 28.8 Å². The van der Waals surface area contributed by atoms with E-state index in [-0.39, 0.29) is 30.8 Å². The summed E-state index contributed by atoms with van der Waals surface area (Å²) in [6.07, 6.45) is 6.07. The Balaban J connectivity index is 5.24. The third-order valence-corrected chi connectivity index (χ3v) is 5.82. The summed E-state index contributed by atoms with van der Waals surface area (Å²) in [5, 5.41) is 20.8. The number of carbonyl (C=O) groups excluding carboxylic acids is 6. The number of nitrogens with two attached hydrogens (primary N) is 1. The van der Waals surface area contributed by atoms with Crippen molar-refractivity contribution in [3.8, 4) is 12.3 Å². The molecule has 0 fully saturated rings. The quantitative estimate of drug-likeness (QED) is 0.0576. The summed E-state index contributed by atoms with van der Waals surface area (Å²) in [6, 6.07) is -4.96. The molecule has 0 aromatic carbocycles. The predicted octanol–water partition coefficient (Wildman–Crippen LogP) is -2.53. The molecule has 0 saturated heterocycles. The van der Waals surface area contributed by atoms with Crippen LogP contribution in [0.1, 0.15) is 45.4 Å². The van der Waals surface area contributed by atoms with Crippen LogP contribution in [0, 0.1) is 12.3 Å². The highest BCUT2D eigenvalue weighted by atomic mass is 32.1. The number of carbonyl (C=O) groups is 7. The van der Waals surface area contributed by atoms with E-state index in [0.717, 1.165) is 0 Å². The van der Waals surface area contributed by atoms with Gasteiger partial charge < -0.3 is 37.4 Å². The molecule has 0 aromatic rings. The molecule has 0 unspecified atom stereocenters. The van der Waals surface area contributed by atoms with E-state index in [4.69, 9.17) is 17.3 Å². The van der Waals surface area contributed by atoms with Gasteiger partial charge in [0.05, 0.1) is 13.0 Å². The average molecular weight is 589 g/mol. The lowest BCUT2D eigenvalue weighted by atomic mass is 10.1. The maximum Gasteiger partial charge on any atom is 0.327 e. The second-order valence-electron chi connectivity index (χ2n) is 8.30. The number of aliphatic carboxylic acids is 1. The fraction of sp³-hybridized carbons (Fsp3) is 0.609. The minimum atomic E-state index is -1.47. The third kappa shape index (κ3) is 14.9. The summed E-state index contributed by atoms with van der Waals surface area (Å²) in [5.74, 6) is -3.99. The van der Waals surface area contributed by atoms with Crippen LogP contribution >= 0.6 is 25.3 Å². The van der Waals surface area contributed by atoms with Gasteiger partial charge in [-0.25, -0.2) is 4.79 Å². The second-order valence-corrected chi connectivity index (χ2v) is 9.03. The lowest BCUT2D eigenvalue weighted by Gasteiger charge is -2.22. The van der Waals surface area contributed by atoms with Gasteiger partial charge in [0.25, 0.3) is 0 Å². The van der Waals surface area contributed by atoms with E-state index < -0.39 is 78.5 Å². The summed E-state index contributed by atoms with van der Waals surface area (Å²) < 4.78 is 0. The van der Waals surface area contributed by atoms with Crippen molar-refractivity contribution in [1.29, 1.82) is 0 Å². The molecule has 0 rings (SSSR count). The number of carboxylic acids is 1. The highest BCUT2D eigenvalue weighted by molar-refractivity contribution is 7.80. The number of carboxylic acid groups (broad SMARTS) is 1. The Labute approximate surface area is 237 Å². The Morgan fingerprint density at radius 2 is 1.41 bits per heavy atom. The molecule has 4 atom stereocenters. The molecule has 0 bridgehead atoms. The molecule has 6 amide bonds. The van der Waals surface area contributed by atoms with Crippen molar-refractivity contribution in [2.45, 2.75) is 69.6 Å². The first-order valence-electron chi connectivity index (χ1n) is 12.0. The molecule has 0 heterocycles. The second kappa shape index (κ2) is 19.6. The first-order valence-corrected chi connectivity index (χ1v) is 13.3. The van der Waals surface area contributed by atoms with Gasteiger partial charge >= 0.3 is 5.97 Å². The third-order valence-electron chi connectivity index (χ3n) is 5.09. The molecule has 0 aromatic heterocycles. The molecule has 0 aliphatic carbocycles. The summed E-state index contributed by atoms with van der Waals surface area (Å²) >= 11 is 7.90. The van der Waals surface area contributed by atoms with Crippen molar-refractivity contribution in [2.24, 2.45) is 5.73 Å². The van der Waals surface area contributed by atoms with Crippen LogP contribution in [-0.4, -0.2) is 88.7 Å². The van der Waals surface area contributed by atoms with Crippen molar-refractivity contribution in [1.82, 2.24) is 26.6 Å². The van der Waals surface area contributed by atoms with Gasteiger partial charge in [0.2, 0.25) is 35.4 Å². The van der Waals surface area contributed by atoms with Crippen molar-refractivity contribution < 1.29 is 38.7 Å². The van der Waals surface area contributed by atoms with Crippen LogP contribution in [0.25, 0.3) is 0 Å². The first-order chi connectivity index (χ1) is 18.4. The van der Waals surface area contributed by atoms with Crippen molar-refractivity contribution in [2.75, 3.05) is 18.1 Å². The maximum absolute atomic E-state index is 12.6. The number of thiol groups is 2. The van der Waals surface area contributed by atoms with Gasteiger partial charge in [0.15, 0.2) is 0 Å². The lowest BCUT2D eigenvalue weighted by Crippen LogP contribution is -2.57. The number of terminal acetylenes is 1. The van der Waals surface area contributed by atoms with Gasteiger partial charge in [-0.15, -0.1) is 12.3 Å². The van der Waals surface area contributed by atoms with Crippen LogP contribution in [0.5, 0.6) is 0 Å². The van der Waals surface area contributed by atoms with Crippen LogP contribution in [-0.2, 0) is 33.6 Å². The van der Waals surface area contributed by atoms with Gasteiger partial charge in [0, 0.05) is 24.3 Å². The Hall–Kier alpha value is -3.45. The Kier molecular flexibility index (Phi) is 17.9. The van der Waals surface area contributed by atoms with E-state index in [9.17, 15) is 33.6 Å². The van der Waals surface area contributed by atoms with Gasteiger partial charge in [0.1, 0.15) is 24.2 Å². The largest absolute Gasteiger partial charge is 0.480 e. The van der Waals surface area contributed by atoms with Gasteiger partial charge in [-0.2, -0.15) is 25.3 Å². The summed E-state index contributed by atoms with van der Waals surface area (Å²) in [5.41, 5.74) is 5.18. The predicted molar refractivity (Wildman–Crippen MR) is 147 cm³/mol. The van der Waals surface area contributed by atoms with Gasteiger partial charge in [-0.05, 0) is 6.42 Å². The summed E-state index contributed by atoms with van der Waals surface area (Å²) in [4.78, 5) is 84.7. The zero-order chi connectivity index (χ0) is 30.0. The topological polar surface area (TPSA) is 226 Å². The van der Waals surface area contributed by atoms with Crippen LogP contribution in [0.15, 0.2) is 0 Å². The van der Waals surface area contributed by atoms with E-state index in [1.54, 1.807) is 0 Å². The number of rotatable bonds is 19. The minimum Gasteiger partial charge on any atom is -0.480 e. The maximum atomic E-state index is 12.6. The van der Waals surface area contributed by atoms with Crippen molar-refractivity contribution in [3.63, 3.8) is 0 Å². The van der Waals surface area contributed by atoms with E-state index in [2.05, 4.69) is 57.8 Å². The Bertz CT molecular complexity index is 942. The lowest BCUT2D eigenvalue weighted by molar-refractivity contribution is -0.141. The standard InChI is InChI=1S/C23H36N6O8S2/c1-3-5-7-13(21(34)29-16(12-39)23(36)37)26-19(32)10-25-20(33)14(9-17(24)30)28-22(35)15(11-38)27-18(31)8-6-4-2/h2,13-16,38-39H,3,5-12H2,1H3,(H2,24,30)(H,25,33)(H,26,32)(H,27,31)(H,28,35)(H,29,34)(H,36,37)/t13-,14-,15-,16-/m1/s1. The molecule has 16 heteroatoms. The zero-order valence-electron chi connectivity index (χ0n) is 21.5. The average Bonchev–Trinajstić information content (AvgIpc) is 2.88. The molecular weight excluding hydrogens is 552 g/mol. The van der Waals surface area contributed by atoms with Gasteiger partial charge in [-0.1, -0.05) is 19.8 Å². The highest BCUT2D eigenvalue weighted by Crippen LogP contribution is 2.03. The first kappa shape index (κ1) is 35.5. The van der Waals surface area contributed by atoms with Crippen LogP contribution in [0.2, 0.25) is 0 Å². The van der Waals surface area contributed by atoms with Crippen LogP contribution in [0.3, 0.4) is 0 Å². The fourth-order valence-corrected chi connectivity index (χ4v) is 3.50. The number of hydrogen-bond donors (Lipinski definition) is 9. The van der Waals surface area contributed by atoms with Crippen molar-refractivity contribution in [3.05, 3.63) is 0 Å². The SMILES string of the molecule is C#CCCC(=O)N[C@H](CS)C(=O)N[C@H](CC(N)=O)C(=O)NCC(=O)N[C@H](CCCC)C(=O)N[C@H](CS)C(=O)O.